The lowest BCUT2D eigenvalue weighted by Crippen LogP contribution is -2.71. The summed E-state index contributed by atoms with van der Waals surface area (Å²) < 4.78 is 0. The van der Waals surface area contributed by atoms with Gasteiger partial charge in [-0.2, -0.15) is 0 Å². The Kier molecular flexibility index (Phi) is 6.70. The molecule has 1 aromatic carbocycles. The van der Waals surface area contributed by atoms with Crippen LogP contribution < -0.4 is 5.73 Å². The molecular weight excluding hydrogens is 468 g/mol. The van der Waals surface area contributed by atoms with Gasteiger partial charge in [0.2, 0.25) is 5.78 Å². The monoisotopic (exact) mass is 496 g/mol. The molecule has 1 saturated carbocycles. The smallest absolute Gasteiger partial charge is 0.255 e. The zero-order chi connectivity index (χ0) is 24.8. The molecule has 0 aromatic heterocycles. The molecule has 1 amide bonds. The highest BCUT2D eigenvalue weighted by atomic mass is 16.4. The molecule has 13 heteroatoms. The number of aliphatic hydroxyl groups is 5. The minimum atomic E-state index is -3.02. The molecule has 4 rings (SSSR count). The van der Waals surface area contributed by atoms with Crippen molar-refractivity contribution in [2.75, 3.05) is 14.1 Å². The van der Waals surface area contributed by atoms with Crippen LogP contribution in [0.15, 0.2) is 35.1 Å². The van der Waals surface area contributed by atoms with E-state index in [-0.39, 0.29) is 22.1 Å². The first-order chi connectivity index (χ1) is 15.2. The summed E-state index contributed by atoms with van der Waals surface area (Å²) >= 11 is 0. The maximum Gasteiger partial charge on any atom is 0.255 e. The second kappa shape index (κ2) is 8.41. The Morgan fingerprint density at radius 3 is 2.17 bits per heavy atom. The lowest BCUT2D eigenvalue weighted by molar-refractivity contribution is -0.181. The van der Waals surface area contributed by atoms with Crippen LogP contribution in [0.2, 0.25) is 0 Å². The molecule has 12 N–H and O–H groups in total. The summed E-state index contributed by atoms with van der Waals surface area (Å²) in [6.07, 6.45) is -1.87. The van der Waals surface area contributed by atoms with E-state index >= 15 is 0 Å². The SMILES string of the molecule is CN(C)[C@@H]1C(=O)C(C(N)=O)=C(O)[C@]2(O)C(=O)C3=C(O)c4c(O)cccc4[C@@](C)(O)[C@H]3[C@H](O)[C@@H]12.O.O. The van der Waals surface area contributed by atoms with E-state index in [0.717, 1.165) is 0 Å². The van der Waals surface area contributed by atoms with Crippen LogP contribution in [-0.2, 0) is 20.0 Å². The third-order valence-electron chi connectivity index (χ3n) is 7.03. The van der Waals surface area contributed by atoms with Gasteiger partial charge in [-0.3, -0.25) is 19.3 Å². The van der Waals surface area contributed by atoms with Crippen molar-refractivity contribution < 1.29 is 56.0 Å². The number of fused-ring (bicyclic) bond motifs is 3. The van der Waals surface area contributed by atoms with Gasteiger partial charge < -0.3 is 47.3 Å². The molecule has 1 aromatic rings. The first kappa shape index (κ1) is 27.9. The highest BCUT2D eigenvalue weighted by Crippen LogP contribution is 2.57. The molecule has 0 bridgehead atoms. The number of amides is 1. The number of primary amides is 1. The van der Waals surface area contributed by atoms with E-state index in [2.05, 4.69) is 0 Å². The number of aliphatic hydroxyl groups excluding tert-OH is 3. The average molecular weight is 496 g/mol. The predicted octanol–water partition coefficient (Wildman–Crippen LogP) is -3.05. The maximum atomic E-state index is 13.7. The van der Waals surface area contributed by atoms with Gasteiger partial charge in [0.25, 0.3) is 5.91 Å². The zero-order valence-electron chi connectivity index (χ0n) is 19.0. The van der Waals surface area contributed by atoms with Crippen molar-refractivity contribution >= 4 is 23.2 Å². The highest BCUT2D eigenvalue weighted by Gasteiger charge is 2.70. The summed E-state index contributed by atoms with van der Waals surface area (Å²) in [5.74, 6) is -9.67. The third kappa shape index (κ3) is 3.21. The van der Waals surface area contributed by atoms with Crippen LogP contribution in [0.3, 0.4) is 0 Å². The van der Waals surface area contributed by atoms with Crippen LogP contribution in [0.1, 0.15) is 18.1 Å². The number of phenols is 1. The lowest BCUT2D eigenvalue weighted by atomic mass is 9.53. The summed E-state index contributed by atoms with van der Waals surface area (Å²) in [4.78, 5) is 39.9. The van der Waals surface area contributed by atoms with Crippen LogP contribution in [0, 0.1) is 11.8 Å². The number of nitrogens with two attached hydrogens (primary N) is 1. The molecule has 13 nitrogen and oxygen atoms in total. The maximum absolute atomic E-state index is 13.7. The van der Waals surface area contributed by atoms with Crippen molar-refractivity contribution in [1.82, 2.24) is 4.90 Å². The average Bonchev–Trinajstić information content (AvgIpc) is 2.70. The molecule has 35 heavy (non-hydrogen) atoms. The zero-order valence-corrected chi connectivity index (χ0v) is 19.0. The van der Waals surface area contributed by atoms with Gasteiger partial charge >= 0.3 is 0 Å². The number of hydrogen-bond donors (Lipinski definition) is 7. The minimum Gasteiger partial charge on any atom is -0.508 e. The van der Waals surface area contributed by atoms with Crippen molar-refractivity contribution in [3.63, 3.8) is 0 Å². The van der Waals surface area contributed by atoms with Gasteiger partial charge in [0, 0.05) is 0 Å². The van der Waals surface area contributed by atoms with Crippen molar-refractivity contribution in [1.29, 1.82) is 0 Å². The normalized spacial score (nSPS) is 33.9. The summed E-state index contributed by atoms with van der Waals surface area (Å²) in [6, 6.07) is 2.50. The summed E-state index contributed by atoms with van der Waals surface area (Å²) in [5.41, 5.74) is -1.78. The molecule has 0 unspecified atom stereocenters. The number of carbonyl (C=O) groups excluding carboxylic acids is 3. The van der Waals surface area contributed by atoms with E-state index < -0.39 is 81.1 Å². The number of phenolic OH excluding ortho intramolecular Hbond substituents is 1. The topological polar surface area (TPSA) is 265 Å². The molecule has 6 atom stereocenters. The van der Waals surface area contributed by atoms with Gasteiger partial charge in [-0.15, -0.1) is 0 Å². The third-order valence-corrected chi connectivity index (χ3v) is 7.03. The molecule has 0 spiro atoms. The fourth-order valence-electron chi connectivity index (χ4n) is 5.60. The number of aromatic hydroxyl groups is 1. The van der Waals surface area contributed by atoms with Gasteiger partial charge in [0.05, 0.1) is 40.7 Å². The predicted molar refractivity (Wildman–Crippen MR) is 119 cm³/mol. The van der Waals surface area contributed by atoms with Gasteiger partial charge in [0.15, 0.2) is 11.4 Å². The highest BCUT2D eigenvalue weighted by molar-refractivity contribution is 6.24. The minimum absolute atomic E-state index is 0. The van der Waals surface area contributed by atoms with E-state index in [1.54, 1.807) is 0 Å². The molecular formula is C22H28N2O11. The molecule has 192 valence electrons. The Balaban J connectivity index is 0.00000216. The summed E-state index contributed by atoms with van der Waals surface area (Å²) in [7, 11) is 2.80. The van der Waals surface area contributed by atoms with E-state index in [4.69, 9.17) is 5.73 Å². The Labute approximate surface area is 198 Å². The van der Waals surface area contributed by atoms with Crippen LogP contribution in [-0.4, -0.2) is 95.8 Å². The van der Waals surface area contributed by atoms with E-state index in [1.165, 1.54) is 44.1 Å². The summed E-state index contributed by atoms with van der Waals surface area (Å²) in [5, 5.41) is 66.3. The molecule has 1 fully saturated rings. The Hall–Kier alpha value is -3.33. The van der Waals surface area contributed by atoms with Gasteiger partial charge in [-0.1, -0.05) is 12.1 Å². The number of nitrogens with zero attached hydrogens (tertiary/aromatic N) is 1. The molecule has 0 radical (unpaired) electrons. The second-order valence-electron chi connectivity index (χ2n) is 9.06. The van der Waals surface area contributed by atoms with Crippen LogP contribution in [0.4, 0.5) is 0 Å². The van der Waals surface area contributed by atoms with Gasteiger partial charge in [-0.25, -0.2) is 0 Å². The lowest BCUT2D eigenvalue weighted by Gasteiger charge is -2.55. The molecule has 0 aliphatic heterocycles. The fraction of sp³-hybridized carbons (Fsp3) is 0.409. The Bertz CT molecular complexity index is 1190. The Morgan fingerprint density at radius 1 is 1.09 bits per heavy atom. The van der Waals surface area contributed by atoms with Crippen LogP contribution in [0.5, 0.6) is 5.75 Å². The largest absolute Gasteiger partial charge is 0.508 e. The van der Waals surface area contributed by atoms with Crippen LogP contribution >= 0.6 is 0 Å². The van der Waals surface area contributed by atoms with Gasteiger partial charge in [0.1, 0.15) is 22.8 Å². The number of carbonyl (C=O) groups is 3. The van der Waals surface area contributed by atoms with E-state index in [1.807, 2.05) is 0 Å². The summed E-state index contributed by atoms with van der Waals surface area (Å²) in [6.45, 7) is 1.25. The second-order valence-corrected chi connectivity index (χ2v) is 9.06. The Morgan fingerprint density at radius 2 is 1.66 bits per heavy atom. The molecule has 3 aliphatic carbocycles. The van der Waals surface area contributed by atoms with Crippen molar-refractivity contribution in [3.05, 3.63) is 46.2 Å². The van der Waals surface area contributed by atoms with Crippen molar-refractivity contribution in [2.45, 2.75) is 30.3 Å². The number of rotatable bonds is 2. The number of likely N-dealkylation sites (N-methyl/N-ethyl adjacent to an activating group) is 1. The number of hydrogen-bond acceptors (Lipinski definition) is 10. The fourth-order valence-corrected chi connectivity index (χ4v) is 5.60. The number of Topliss-reactive ketones (excluding diaryl/α,β-unsaturated/α-hetero) is 2. The van der Waals surface area contributed by atoms with Gasteiger partial charge in [-0.05, 0) is 32.6 Å². The standard InChI is InChI=1S/C22H24N2O9.2H2O/c1-21(32)7-5-4-6-8(25)9(7)15(26)10-12(21)17(28)13-14(24(2)3)16(27)11(20(23)31)19(30)22(13,33)18(10)29;;/h4-6,12-14,17,25-26,28,30,32-33H,1-3H3,(H2,23,31);2*1H2/t12-,13-,14+,17+,21-,22-;;/m1../s1. The molecule has 0 saturated heterocycles. The first-order valence-corrected chi connectivity index (χ1v) is 10.1. The first-order valence-electron chi connectivity index (χ1n) is 10.1. The van der Waals surface area contributed by atoms with Crippen molar-refractivity contribution in [2.24, 2.45) is 17.6 Å². The van der Waals surface area contributed by atoms with E-state index in [9.17, 15) is 45.0 Å². The molecule has 0 heterocycles. The van der Waals surface area contributed by atoms with E-state index in [0.29, 0.717) is 0 Å². The molecule has 3 aliphatic rings. The number of benzene rings is 1. The number of ketones is 2. The van der Waals surface area contributed by atoms with Crippen molar-refractivity contribution in [3.8, 4) is 5.75 Å². The van der Waals surface area contributed by atoms with Crippen LogP contribution in [0.25, 0.3) is 5.76 Å². The quantitative estimate of drug-likeness (QED) is 0.203.